The van der Waals surface area contributed by atoms with Gasteiger partial charge in [0.1, 0.15) is 6.54 Å². The standard InChI is InChI=1S/C16H15N3O3/c20-12(18-11-2-1-5-17-7-11)8-19-15(21)13-9-3-4-10(6-9)14(13)16(19)22/h1-5,7,9-10,13-14H,6,8H2,(H,18,20)/t9-,10-,13+,14+/m0/s1. The number of anilines is 1. The van der Waals surface area contributed by atoms with E-state index in [9.17, 15) is 14.4 Å². The minimum atomic E-state index is -0.380. The number of aromatic nitrogens is 1. The van der Waals surface area contributed by atoms with Crippen molar-refractivity contribution in [1.82, 2.24) is 9.88 Å². The predicted octanol–water partition coefficient (Wildman–Crippen LogP) is 0.827. The van der Waals surface area contributed by atoms with Crippen LogP contribution in [0.3, 0.4) is 0 Å². The highest BCUT2D eigenvalue weighted by Crippen LogP contribution is 2.52. The van der Waals surface area contributed by atoms with E-state index in [0.717, 1.165) is 11.3 Å². The molecule has 2 bridgehead atoms. The number of fused-ring (bicyclic) bond motifs is 5. The van der Waals surface area contributed by atoms with Gasteiger partial charge in [-0.3, -0.25) is 24.3 Å². The molecule has 1 aromatic rings. The third kappa shape index (κ3) is 1.87. The minimum Gasteiger partial charge on any atom is -0.323 e. The van der Waals surface area contributed by atoms with Crippen LogP contribution in [-0.4, -0.2) is 34.2 Å². The van der Waals surface area contributed by atoms with E-state index in [1.165, 1.54) is 6.20 Å². The summed E-state index contributed by atoms with van der Waals surface area (Å²) in [5.41, 5.74) is 0.550. The van der Waals surface area contributed by atoms with Gasteiger partial charge < -0.3 is 5.32 Å². The Morgan fingerprint density at radius 3 is 2.50 bits per heavy atom. The second kappa shape index (κ2) is 4.76. The molecule has 1 saturated heterocycles. The first-order chi connectivity index (χ1) is 10.6. The second-order valence-electron chi connectivity index (χ2n) is 6.05. The maximum Gasteiger partial charge on any atom is 0.244 e. The molecule has 0 radical (unpaired) electrons. The van der Waals surface area contributed by atoms with E-state index < -0.39 is 0 Å². The van der Waals surface area contributed by atoms with Crippen molar-refractivity contribution in [2.24, 2.45) is 23.7 Å². The first-order valence-electron chi connectivity index (χ1n) is 7.38. The summed E-state index contributed by atoms with van der Waals surface area (Å²) in [4.78, 5) is 42.0. The molecule has 4 atom stereocenters. The fourth-order valence-corrected chi connectivity index (χ4v) is 3.90. The summed E-state index contributed by atoms with van der Waals surface area (Å²) in [6.07, 6.45) is 8.09. The van der Waals surface area contributed by atoms with Gasteiger partial charge in [-0.25, -0.2) is 0 Å². The number of pyridine rings is 1. The van der Waals surface area contributed by atoms with E-state index in [1.807, 2.05) is 12.2 Å². The molecule has 112 valence electrons. The summed E-state index contributed by atoms with van der Waals surface area (Å²) in [5, 5.41) is 2.65. The van der Waals surface area contributed by atoms with Crippen molar-refractivity contribution >= 4 is 23.4 Å². The Bertz CT molecular complexity index is 655. The lowest BCUT2D eigenvalue weighted by atomic mass is 9.85. The van der Waals surface area contributed by atoms with Gasteiger partial charge in [-0.1, -0.05) is 12.2 Å². The Hall–Kier alpha value is -2.50. The number of amides is 3. The van der Waals surface area contributed by atoms with Crippen LogP contribution >= 0.6 is 0 Å². The fraction of sp³-hybridized carbons (Fsp3) is 0.375. The highest BCUT2D eigenvalue weighted by Gasteiger charge is 2.59. The quantitative estimate of drug-likeness (QED) is 0.662. The molecule has 1 aromatic heterocycles. The zero-order chi connectivity index (χ0) is 15.3. The molecule has 1 N–H and O–H groups in total. The number of allylic oxidation sites excluding steroid dienone is 2. The average Bonchev–Trinajstić information content (AvgIpc) is 3.18. The first-order valence-corrected chi connectivity index (χ1v) is 7.38. The third-order valence-corrected chi connectivity index (χ3v) is 4.81. The zero-order valence-corrected chi connectivity index (χ0v) is 11.8. The van der Waals surface area contributed by atoms with Gasteiger partial charge in [-0.05, 0) is 30.4 Å². The summed E-state index contributed by atoms with van der Waals surface area (Å²) < 4.78 is 0. The topological polar surface area (TPSA) is 79.4 Å². The molecule has 4 rings (SSSR count). The molecular weight excluding hydrogens is 282 g/mol. The van der Waals surface area contributed by atoms with Gasteiger partial charge in [0, 0.05) is 6.20 Å². The lowest BCUT2D eigenvalue weighted by molar-refractivity contribution is -0.143. The second-order valence-corrected chi connectivity index (χ2v) is 6.05. The van der Waals surface area contributed by atoms with Crippen LogP contribution in [0.2, 0.25) is 0 Å². The van der Waals surface area contributed by atoms with Gasteiger partial charge in [0.05, 0.1) is 23.7 Å². The van der Waals surface area contributed by atoms with E-state index in [1.54, 1.807) is 18.3 Å². The zero-order valence-electron chi connectivity index (χ0n) is 11.8. The number of carbonyl (C=O) groups excluding carboxylic acids is 3. The Morgan fingerprint density at radius 2 is 1.91 bits per heavy atom. The summed E-state index contributed by atoms with van der Waals surface area (Å²) in [6, 6.07) is 3.41. The smallest absolute Gasteiger partial charge is 0.244 e. The summed E-state index contributed by atoms with van der Waals surface area (Å²) in [5.74, 6) is -0.964. The van der Waals surface area contributed by atoms with Crippen LogP contribution in [0.5, 0.6) is 0 Å². The van der Waals surface area contributed by atoms with E-state index in [0.29, 0.717) is 5.69 Å². The van der Waals surface area contributed by atoms with Gasteiger partial charge >= 0.3 is 0 Å². The summed E-state index contributed by atoms with van der Waals surface area (Å²) >= 11 is 0. The van der Waals surface area contributed by atoms with Gasteiger partial charge in [0.15, 0.2) is 0 Å². The van der Waals surface area contributed by atoms with Gasteiger partial charge in [-0.15, -0.1) is 0 Å². The Labute approximate surface area is 127 Å². The molecule has 6 heteroatoms. The van der Waals surface area contributed by atoms with Crippen LogP contribution in [0.25, 0.3) is 0 Å². The number of hydrogen-bond donors (Lipinski definition) is 1. The molecule has 2 aliphatic carbocycles. The van der Waals surface area contributed by atoms with Crippen molar-refractivity contribution in [1.29, 1.82) is 0 Å². The SMILES string of the molecule is O=C(CN1C(=O)[C@H]2[C@H](C1=O)[C@H]1C=C[C@H]2C1)Nc1cccnc1. The number of nitrogens with zero attached hydrogens (tertiary/aromatic N) is 2. The molecular formula is C16H15N3O3. The highest BCUT2D eigenvalue weighted by atomic mass is 16.2. The van der Waals surface area contributed by atoms with Crippen molar-refractivity contribution in [2.45, 2.75) is 6.42 Å². The van der Waals surface area contributed by atoms with Crippen molar-refractivity contribution in [3.05, 3.63) is 36.7 Å². The maximum absolute atomic E-state index is 12.5. The Kier molecular flexibility index (Phi) is 2.85. The van der Waals surface area contributed by atoms with E-state index in [4.69, 9.17) is 0 Å². The molecule has 2 heterocycles. The lowest BCUT2D eigenvalue weighted by Gasteiger charge is -2.16. The highest BCUT2D eigenvalue weighted by molar-refractivity contribution is 6.09. The molecule has 6 nitrogen and oxygen atoms in total. The molecule has 22 heavy (non-hydrogen) atoms. The lowest BCUT2D eigenvalue weighted by Crippen LogP contribution is -2.39. The molecule has 2 fully saturated rings. The Balaban J connectivity index is 1.47. The molecule has 0 unspecified atom stereocenters. The Morgan fingerprint density at radius 1 is 1.23 bits per heavy atom. The van der Waals surface area contributed by atoms with Crippen LogP contribution in [-0.2, 0) is 14.4 Å². The molecule has 3 aliphatic rings. The number of imide groups is 1. The summed E-state index contributed by atoms with van der Waals surface area (Å²) in [6.45, 7) is -0.223. The third-order valence-electron chi connectivity index (χ3n) is 4.81. The van der Waals surface area contributed by atoms with Crippen molar-refractivity contribution in [3.63, 3.8) is 0 Å². The first kappa shape index (κ1) is 13.2. The maximum atomic E-state index is 12.5. The van der Waals surface area contributed by atoms with Crippen LogP contribution in [0.1, 0.15) is 6.42 Å². The molecule has 3 amide bonds. The van der Waals surface area contributed by atoms with E-state index in [-0.39, 0.29) is 47.9 Å². The molecule has 0 spiro atoms. The number of likely N-dealkylation sites (tertiary alicyclic amines) is 1. The average molecular weight is 297 g/mol. The normalized spacial score (nSPS) is 31.7. The molecule has 1 aliphatic heterocycles. The van der Waals surface area contributed by atoms with Crippen LogP contribution < -0.4 is 5.32 Å². The molecule has 1 saturated carbocycles. The van der Waals surface area contributed by atoms with Crippen LogP contribution in [0.4, 0.5) is 5.69 Å². The minimum absolute atomic E-state index is 0.165. The number of hydrogen-bond acceptors (Lipinski definition) is 4. The molecule has 0 aromatic carbocycles. The number of nitrogens with one attached hydrogen (secondary N) is 1. The predicted molar refractivity (Wildman–Crippen MR) is 77.3 cm³/mol. The number of carbonyl (C=O) groups is 3. The summed E-state index contributed by atoms with van der Waals surface area (Å²) in [7, 11) is 0. The van der Waals surface area contributed by atoms with Gasteiger partial charge in [-0.2, -0.15) is 0 Å². The van der Waals surface area contributed by atoms with Gasteiger partial charge in [0.25, 0.3) is 0 Å². The van der Waals surface area contributed by atoms with Crippen molar-refractivity contribution in [3.8, 4) is 0 Å². The fourth-order valence-electron chi connectivity index (χ4n) is 3.90. The van der Waals surface area contributed by atoms with Crippen molar-refractivity contribution in [2.75, 3.05) is 11.9 Å². The van der Waals surface area contributed by atoms with Gasteiger partial charge in [0.2, 0.25) is 17.7 Å². The largest absolute Gasteiger partial charge is 0.323 e. The van der Waals surface area contributed by atoms with Crippen LogP contribution in [0, 0.1) is 23.7 Å². The van der Waals surface area contributed by atoms with Crippen LogP contribution in [0.15, 0.2) is 36.7 Å². The monoisotopic (exact) mass is 297 g/mol. The number of rotatable bonds is 3. The van der Waals surface area contributed by atoms with E-state index in [2.05, 4.69) is 10.3 Å². The van der Waals surface area contributed by atoms with E-state index >= 15 is 0 Å². The van der Waals surface area contributed by atoms with Crippen molar-refractivity contribution < 1.29 is 14.4 Å².